The smallest absolute Gasteiger partial charge is 0.124 e. The van der Waals surface area contributed by atoms with Gasteiger partial charge < -0.3 is 10.1 Å². The molecule has 0 radical (unpaired) electrons. The molecule has 1 rings (SSSR count). The lowest BCUT2D eigenvalue weighted by Gasteiger charge is -2.20. The summed E-state index contributed by atoms with van der Waals surface area (Å²) >= 11 is 0. The van der Waals surface area contributed by atoms with Crippen LogP contribution < -0.4 is 10.1 Å². The number of ether oxygens (including phenoxy) is 1. The number of unbranched alkanes of at least 4 members (excludes halogenated alkanes) is 5. The van der Waals surface area contributed by atoms with E-state index in [-0.39, 0.29) is 0 Å². The summed E-state index contributed by atoms with van der Waals surface area (Å²) in [5.74, 6) is 1.05. The highest BCUT2D eigenvalue weighted by Crippen LogP contribution is 2.27. The topological polar surface area (TPSA) is 21.3 Å². The van der Waals surface area contributed by atoms with Crippen LogP contribution in [0.4, 0.5) is 0 Å². The van der Waals surface area contributed by atoms with Crippen LogP contribution in [0, 0.1) is 0 Å². The van der Waals surface area contributed by atoms with Crippen LogP contribution in [-0.2, 0) is 0 Å². The molecule has 0 heterocycles. The minimum absolute atomic E-state index is 0.399. The lowest BCUT2D eigenvalue weighted by atomic mass is 10.0. The van der Waals surface area contributed by atoms with Crippen molar-refractivity contribution in [1.82, 2.24) is 5.32 Å². The van der Waals surface area contributed by atoms with Crippen molar-refractivity contribution in [2.75, 3.05) is 13.2 Å². The fourth-order valence-electron chi connectivity index (χ4n) is 2.68. The van der Waals surface area contributed by atoms with Crippen LogP contribution in [0.2, 0.25) is 0 Å². The Hall–Kier alpha value is -1.02. The third kappa shape index (κ3) is 6.99. The van der Waals surface area contributed by atoms with Crippen LogP contribution in [0.3, 0.4) is 0 Å². The number of rotatable bonds is 12. The molecule has 0 amide bonds. The van der Waals surface area contributed by atoms with Gasteiger partial charge in [-0.2, -0.15) is 0 Å². The molecule has 0 spiro atoms. The van der Waals surface area contributed by atoms with Crippen molar-refractivity contribution in [2.45, 2.75) is 71.8 Å². The predicted octanol–water partition coefficient (Wildman–Crippen LogP) is 5.49. The molecule has 0 aliphatic rings. The maximum atomic E-state index is 6.03. The Morgan fingerprint density at radius 1 is 0.952 bits per heavy atom. The molecule has 1 aromatic rings. The molecule has 1 unspecified atom stereocenters. The first-order valence-corrected chi connectivity index (χ1v) is 8.78. The third-order valence-electron chi connectivity index (χ3n) is 3.91. The lowest BCUT2D eigenvalue weighted by Crippen LogP contribution is -2.20. The number of benzene rings is 1. The highest BCUT2D eigenvalue weighted by atomic mass is 16.5. The van der Waals surface area contributed by atoms with Crippen molar-refractivity contribution >= 4 is 0 Å². The van der Waals surface area contributed by atoms with Crippen molar-refractivity contribution in [3.63, 3.8) is 0 Å². The van der Waals surface area contributed by atoms with E-state index in [2.05, 4.69) is 50.4 Å². The largest absolute Gasteiger partial charge is 0.493 e. The van der Waals surface area contributed by atoms with Crippen LogP contribution in [-0.4, -0.2) is 13.2 Å². The number of nitrogens with one attached hydrogen (secondary N) is 1. The summed E-state index contributed by atoms with van der Waals surface area (Å²) < 4.78 is 6.03. The van der Waals surface area contributed by atoms with E-state index in [0.29, 0.717) is 6.04 Å². The zero-order valence-electron chi connectivity index (χ0n) is 14.2. The van der Waals surface area contributed by atoms with Gasteiger partial charge in [-0.05, 0) is 25.5 Å². The molecule has 2 nitrogen and oxygen atoms in total. The van der Waals surface area contributed by atoms with Crippen molar-refractivity contribution < 1.29 is 4.74 Å². The maximum absolute atomic E-state index is 6.03. The first-order chi connectivity index (χ1) is 10.3. The standard InChI is InChI=1S/C19H33NO/c1-4-7-8-9-10-13-16-21-19-15-12-11-14-17(19)18(5-2)20-6-3/h11-12,14-15,18,20H,4-10,13,16H2,1-3H3. The van der Waals surface area contributed by atoms with Gasteiger partial charge in [-0.3, -0.25) is 0 Å². The summed E-state index contributed by atoms with van der Waals surface area (Å²) in [6.07, 6.45) is 8.92. The lowest BCUT2D eigenvalue weighted by molar-refractivity contribution is 0.297. The van der Waals surface area contributed by atoms with Crippen LogP contribution in [0.15, 0.2) is 24.3 Å². The normalized spacial score (nSPS) is 12.3. The molecule has 0 saturated carbocycles. The van der Waals surface area contributed by atoms with E-state index in [1.165, 1.54) is 37.7 Å². The molecule has 0 aliphatic carbocycles. The monoisotopic (exact) mass is 291 g/mol. The molecule has 0 aromatic heterocycles. The molecule has 1 aromatic carbocycles. The quantitative estimate of drug-likeness (QED) is 0.514. The Balaban J connectivity index is 2.40. The summed E-state index contributed by atoms with van der Waals surface area (Å²) in [5, 5.41) is 3.53. The van der Waals surface area contributed by atoms with Gasteiger partial charge in [0.15, 0.2) is 0 Å². The minimum atomic E-state index is 0.399. The number of hydrogen-bond acceptors (Lipinski definition) is 2. The zero-order chi connectivity index (χ0) is 15.3. The summed E-state index contributed by atoms with van der Waals surface area (Å²) in [5.41, 5.74) is 1.30. The van der Waals surface area contributed by atoms with Crippen LogP contribution in [0.1, 0.15) is 77.3 Å². The second kappa shape index (κ2) is 11.6. The predicted molar refractivity (Wildman–Crippen MR) is 92.0 cm³/mol. The Bertz CT molecular complexity index is 364. The molecular weight excluding hydrogens is 258 g/mol. The van der Waals surface area contributed by atoms with Gasteiger partial charge >= 0.3 is 0 Å². The molecule has 1 atom stereocenters. The van der Waals surface area contributed by atoms with Crippen LogP contribution in [0.25, 0.3) is 0 Å². The third-order valence-corrected chi connectivity index (χ3v) is 3.91. The van der Waals surface area contributed by atoms with Crippen molar-refractivity contribution in [1.29, 1.82) is 0 Å². The van der Waals surface area contributed by atoms with E-state index in [0.717, 1.165) is 31.7 Å². The summed E-state index contributed by atoms with van der Waals surface area (Å²) in [6, 6.07) is 8.86. The molecule has 2 heteroatoms. The minimum Gasteiger partial charge on any atom is -0.493 e. The van der Waals surface area contributed by atoms with E-state index in [1.54, 1.807) is 0 Å². The van der Waals surface area contributed by atoms with Gasteiger partial charge in [0.2, 0.25) is 0 Å². The molecular formula is C19H33NO. The Labute approximate surface area is 131 Å². The van der Waals surface area contributed by atoms with E-state index in [1.807, 2.05) is 0 Å². The van der Waals surface area contributed by atoms with Crippen molar-refractivity contribution in [3.8, 4) is 5.75 Å². The first-order valence-electron chi connectivity index (χ1n) is 8.78. The second-order valence-electron chi connectivity index (χ2n) is 5.67. The first kappa shape index (κ1) is 18.0. The van der Waals surface area contributed by atoms with E-state index >= 15 is 0 Å². The average Bonchev–Trinajstić information content (AvgIpc) is 2.52. The summed E-state index contributed by atoms with van der Waals surface area (Å²) in [6.45, 7) is 8.46. The van der Waals surface area contributed by atoms with E-state index < -0.39 is 0 Å². The van der Waals surface area contributed by atoms with Gasteiger partial charge in [0.25, 0.3) is 0 Å². The Morgan fingerprint density at radius 3 is 2.38 bits per heavy atom. The average molecular weight is 291 g/mol. The van der Waals surface area contributed by atoms with Gasteiger partial charge in [-0.15, -0.1) is 0 Å². The number of para-hydroxylation sites is 1. The summed E-state index contributed by atoms with van der Waals surface area (Å²) in [4.78, 5) is 0. The van der Waals surface area contributed by atoms with Crippen molar-refractivity contribution in [2.24, 2.45) is 0 Å². The second-order valence-corrected chi connectivity index (χ2v) is 5.67. The Morgan fingerprint density at radius 2 is 1.67 bits per heavy atom. The van der Waals surface area contributed by atoms with Crippen LogP contribution in [0.5, 0.6) is 5.75 Å². The highest BCUT2D eigenvalue weighted by Gasteiger charge is 2.12. The SMILES string of the molecule is CCCCCCCCOc1ccccc1C(CC)NCC. The molecule has 0 fully saturated rings. The van der Waals surface area contributed by atoms with Gasteiger partial charge in [-0.25, -0.2) is 0 Å². The van der Waals surface area contributed by atoms with E-state index in [9.17, 15) is 0 Å². The summed E-state index contributed by atoms with van der Waals surface area (Å²) in [7, 11) is 0. The van der Waals surface area contributed by atoms with Crippen LogP contribution >= 0.6 is 0 Å². The van der Waals surface area contributed by atoms with E-state index in [4.69, 9.17) is 4.74 Å². The van der Waals surface area contributed by atoms with Gasteiger partial charge in [0.05, 0.1) is 6.61 Å². The maximum Gasteiger partial charge on any atom is 0.124 e. The molecule has 21 heavy (non-hydrogen) atoms. The van der Waals surface area contributed by atoms with Crippen molar-refractivity contribution in [3.05, 3.63) is 29.8 Å². The fourth-order valence-corrected chi connectivity index (χ4v) is 2.68. The van der Waals surface area contributed by atoms with Gasteiger partial charge in [0, 0.05) is 11.6 Å². The molecule has 0 aliphatic heterocycles. The molecule has 1 N–H and O–H groups in total. The zero-order valence-corrected chi connectivity index (χ0v) is 14.2. The fraction of sp³-hybridized carbons (Fsp3) is 0.684. The highest BCUT2D eigenvalue weighted by molar-refractivity contribution is 5.35. The van der Waals surface area contributed by atoms with Gasteiger partial charge in [-0.1, -0.05) is 71.1 Å². The molecule has 0 saturated heterocycles. The molecule has 0 bridgehead atoms. The van der Waals surface area contributed by atoms with Gasteiger partial charge in [0.1, 0.15) is 5.75 Å². The Kier molecular flexibility index (Phi) is 9.98. The molecule has 120 valence electrons. The number of hydrogen-bond donors (Lipinski definition) is 1.